The molecule has 53 heavy (non-hydrogen) atoms. The van der Waals surface area contributed by atoms with E-state index in [1.165, 1.54) is 16.2 Å². The van der Waals surface area contributed by atoms with Gasteiger partial charge in [0.1, 0.15) is 39.9 Å². The van der Waals surface area contributed by atoms with Gasteiger partial charge >= 0.3 is 0 Å². The molecule has 4 heterocycles. The van der Waals surface area contributed by atoms with Crippen molar-refractivity contribution in [3.05, 3.63) is 47.0 Å². The Morgan fingerprint density at radius 2 is 1.92 bits per heavy atom. The Labute approximate surface area is 314 Å². The number of nitrogens with one attached hydrogen (secondary N) is 2. The van der Waals surface area contributed by atoms with Crippen LogP contribution in [0.5, 0.6) is 11.5 Å². The van der Waals surface area contributed by atoms with Gasteiger partial charge in [0.05, 0.1) is 36.2 Å². The van der Waals surface area contributed by atoms with Crippen LogP contribution in [0.4, 0.5) is 0 Å². The number of amides is 3. The molecule has 1 saturated heterocycles. The fraction of sp³-hybridized carbons (Fsp3) is 0.553. The van der Waals surface area contributed by atoms with Crippen LogP contribution in [0, 0.1) is 12.8 Å². The zero-order valence-electron chi connectivity index (χ0n) is 30.6. The third-order valence-corrected chi connectivity index (χ3v) is 13.6. The number of benzene rings is 1. The number of nitrogens with two attached hydrogens (primary N) is 1. The molecule has 1 aromatic carbocycles. The Morgan fingerprint density at radius 1 is 1.13 bits per heavy atom. The summed E-state index contributed by atoms with van der Waals surface area (Å²) in [7, 11) is -2.24. The molecule has 3 aromatic rings. The van der Waals surface area contributed by atoms with E-state index in [0.29, 0.717) is 42.0 Å². The number of ether oxygens (including phenoxy) is 2. The van der Waals surface area contributed by atoms with Crippen molar-refractivity contribution in [3.8, 4) is 22.2 Å². The molecule has 2 aliphatic carbocycles. The van der Waals surface area contributed by atoms with E-state index in [-0.39, 0.29) is 37.1 Å². The average molecular weight is 765 g/mol. The Hall–Kier alpha value is -4.08. The van der Waals surface area contributed by atoms with Crippen LogP contribution in [-0.2, 0) is 24.4 Å². The first kappa shape index (κ1) is 37.2. The second kappa shape index (κ2) is 14.6. The van der Waals surface area contributed by atoms with E-state index in [0.717, 1.165) is 47.3 Å². The van der Waals surface area contributed by atoms with E-state index in [2.05, 4.69) is 23.9 Å². The zero-order valence-corrected chi connectivity index (χ0v) is 32.2. The second-order valence-corrected chi connectivity index (χ2v) is 17.9. The number of rotatable bonds is 8. The number of aromatic nitrogens is 2. The maximum absolute atomic E-state index is 14.3. The fourth-order valence-electron chi connectivity index (χ4n) is 7.40. The predicted molar refractivity (Wildman–Crippen MR) is 202 cm³/mol. The summed E-state index contributed by atoms with van der Waals surface area (Å²) in [4.78, 5) is 53.2. The molecule has 15 heteroatoms. The van der Waals surface area contributed by atoms with Gasteiger partial charge in [0.25, 0.3) is 5.91 Å². The number of thiazole rings is 1. The number of fused-ring (bicyclic) bond motifs is 3. The molecule has 5 atom stereocenters. The van der Waals surface area contributed by atoms with Crippen LogP contribution in [0.25, 0.3) is 21.6 Å². The molecule has 7 rings (SSSR count). The van der Waals surface area contributed by atoms with Crippen LogP contribution < -0.4 is 25.2 Å². The lowest BCUT2D eigenvalue weighted by Gasteiger charge is -2.28. The summed E-state index contributed by atoms with van der Waals surface area (Å²) in [6, 6.07) is 3.77. The first-order chi connectivity index (χ1) is 25.3. The lowest BCUT2D eigenvalue weighted by Crippen LogP contribution is -2.57. The summed E-state index contributed by atoms with van der Waals surface area (Å²) in [5.74, 6) is -0.601. The van der Waals surface area contributed by atoms with Crippen molar-refractivity contribution in [2.24, 2.45) is 11.7 Å². The first-order valence-electron chi connectivity index (χ1n) is 18.5. The summed E-state index contributed by atoms with van der Waals surface area (Å²) in [6.45, 7) is 6.19. The smallest absolute Gasteiger partial charge is 0.259 e. The van der Waals surface area contributed by atoms with Crippen molar-refractivity contribution in [1.82, 2.24) is 24.9 Å². The maximum atomic E-state index is 14.3. The molecule has 284 valence electrons. The predicted octanol–water partition coefficient (Wildman–Crippen LogP) is 4.48. The van der Waals surface area contributed by atoms with Crippen molar-refractivity contribution >= 4 is 50.0 Å². The highest BCUT2D eigenvalue weighted by atomic mass is 32.2. The number of hydrogen-bond donors (Lipinski definition) is 3. The van der Waals surface area contributed by atoms with Gasteiger partial charge in [-0.2, -0.15) is 0 Å². The average Bonchev–Trinajstić information content (AvgIpc) is 4.00. The van der Waals surface area contributed by atoms with E-state index in [1.54, 1.807) is 7.11 Å². The minimum absolute atomic E-state index is 0.0895. The molecule has 2 aliphatic heterocycles. The molecule has 0 unspecified atom stereocenters. The number of carbonyl (C=O) groups is 3. The minimum Gasteiger partial charge on any atom is -0.496 e. The van der Waals surface area contributed by atoms with Gasteiger partial charge in [0, 0.05) is 34.7 Å². The largest absolute Gasteiger partial charge is 0.496 e. The number of allylic oxidation sites excluding steroid dienone is 1. The summed E-state index contributed by atoms with van der Waals surface area (Å²) in [6.07, 6.45) is 8.38. The summed E-state index contributed by atoms with van der Waals surface area (Å²) in [5.41, 5.74) is 8.13. The molecular weight excluding hydrogens is 717 g/mol. The van der Waals surface area contributed by atoms with E-state index in [4.69, 9.17) is 25.2 Å². The number of hydrogen-bond acceptors (Lipinski definition) is 11. The van der Waals surface area contributed by atoms with E-state index in [9.17, 15) is 22.8 Å². The molecule has 0 radical (unpaired) electrons. The van der Waals surface area contributed by atoms with Crippen LogP contribution in [0.1, 0.15) is 88.8 Å². The normalized spacial score (nSPS) is 27.3. The molecular formula is C38H48N6O7S2. The molecule has 3 amide bonds. The summed E-state index contributed by atoms with van der Waals surface area (Å²) in [5, 5.41) is 5.82. The van der Waals surface area contributed by atoms with Crippen molar-refractivity contribution in [3.63, 3.8) is 0 Å². The minimum atomic E-state index is -3.85. The quantitative estimate of drug-likeness (QED) is 0.277. The molecule has 3 fully saturated rings. The third-order valence-electron chi connectivity index (χ3n) is 10.9. The van der Waals surface area contributed by atoms with Gasteiger partial charge in [-0.15, -0.1) is 11.3 Å². The lowest BCUT2D eigenvalue weighted by molar-refractivity contribution is -0.140. The van der Waals surface area contributed by atoms with Crippen molar-refractivity contribution in [2.75, 3.05) is 13.7 Å². The van der Waals surface area contributed by atoms with Gasteiger partial charge in [-0.05, 0) is 63.5 Å². The Bertz CT molecular complexity index is 2060. The molecule has 4 aliphatic rings. The van der Waals surface area contributed by atoms with Gasteiger partial charge in [-0.3, -0.25) is 19.1 Å². The second-order valence-electron chi connectivity index (χ2n) is 15.1. The molecule has 0 spiro atoms. The molecule has 2 aromatic heterocycles. The highest BCUT2D eigenvalue weighted by molar-refractivity contribution is 7.91. The van der Waals surface area contributed by atoms with Gasteiger partial charge in [0.15, 0.2) is 0 Å². The first-order valence-corrected chi connectivity index (χ1v) is 21.0. The highest BCUT2D eigenvalue weighted by Crippen LogP contribution is 2.46. The van der Waals surface area contributed by atoms with E-state index < -0.39 is 50.8 Å². The lowest BCUT2D eigenvalue weighted by atomic mass is 10.1. The Morgan fingerprint density at radius 3 is 2.64 bits per heavy atom. The van der Waals surface area contributed by atoms with Gasteiger partial charge in [-0.25, -0.2) is 18.4 Å². The molecule has 2 saturated carbocycles. The van der Waals surface area contributed by atoms with Crippen LogP contribution in [0.3, 0.4) is 0 Å². The SMILES string of the molecule is COc1ccc2c(O[C@@H]3C[C@H]4C(=O)N[C@]5(C(=O)NS(=O)(=O)C6CC6)C[C@H]5/C=C/CCCCC[C@H](N)C(=O)N4C3)cc(-c3nc(C(C)C)cs3)nc2c1C. The van der Waals surface area contributed by atoms with Crippen LogP contribution in [-0.4, -0.2) is 83.6 Å². The van der Waals surface area contributed by atoms with Crippen molar-refractivity contribution in [1.29, 1.82) is 0 Å². The Balaban J connectivity index is 1.21. The number of aryl methyl sites for hydroxylation is 1. The highest BCUT2D eigenvalue weighted by Gasteiger charge is 2.62. The van der Waals surface area contributed by atoms with Crippen molar-refractivity contribution in [2.45, 2.75) is 113 Å². The number of nitrogens with zero attached hydrogens (tertiary/aromatic N) is 3. The fourth-order valence-corrected chi connectivity index (χ4v) is 9.70. The van der Waals surface area contributed by atoms with Crippen molar-refractivity contribution < 1.29 is 32.3 Å². The van der Waals surface area contributed by atoms with E-state index >= 15 is 0 Å². The zero-order chi connectivity index (χ0) is 37.7. The number of carbonyl (C=O) groups excluding carboxylic acids is 3. The Kier molecular flexibility index (Phi) is 10.3. The molecule has 13 nitrogen and oxygen atoms in total. The number of methoxy groups -OCH3 is 1. The van der Waals surface area contributed by atoms with Crippen LogP contribution in [0.15, 0.2) is 35.7 Å². The standard InChI is InChI=1S/C38H48N6O7S2/c1-21(2)29-20-52-35(41-29)28-17-32(26-14-15-31(50-4)22(3)33(26)40-28)51-24-16-30-34(45)42-38(37(47)43-53(48,49)25-12-13-25)18-23(38)10-8-6-5-7-9-11-27(39)36(46)44(30)19-24/h8,10,14-15,17,20-21,23-25,27,30H,5-7,9,11-13,16,18-19,39H2,1-4H3,(H,42,45)(H,43,47)/b10-8+/t23-,24-,27+,30+,38-/m1/s1. The third kappa shape index (κ3) is 7.52. The maximum Gasteiger partial charge on any atom is 0.259 e. The number of sulfonamides is 1. The van der Waals surface area contributed by atoms with Gasteiger partial charge in [-0.1, -0.05) is 38.8 Å². The van der Waals surface area contributed by atoms with Gasteiger partial charge in [0.2, 0.25) is 21.8 Å². The number of pyridine rings is 1. The monoisotopic (exact) mass is 764 g/mol. The van der Waals surface area contributed by atoms with E-state index in [1.807, 2.05) is 42.7 Å². The topological polar surface area (TPSA) is 183 Å². The molecule has 4 N–H and O–H groups in total. The summed E-state index contributed by atoms with van der Waals surface area (Å²) >= 11 is 1.50. The summed E-state index contributed by atoms with van der Waals surface area (Å²) < 4.78 is 40.2. The van der Waals surface area contributed by atoms with Crippen LogP contribution in [0.2, 0.25) is 0 Å². The van der Waals surface area contributed by atoms with Gasteiger partial charge < -0.3 is 25.4 Å². The van der Waals surface area contributed by atoms with Crippen LogP contribution >= 0.6 is 11.3 Å². The molecule has 0 bridgehead atoms.